The summed E-state index contributed by atoms with van der Waals surface area (Å²) >= 11 is 0. The van der Waals surface area contributed by atoms with Gasteiger partial charge in [0.25, 0.3) is 0 Å². The van der Waals surface area contributed by atoms with Crippen molar-refractivity contribution in [1.82, 2.24) is 15.1 Å². The van der Waals surface area contributed by atoms with Crippen molar-refractivity contribution in [2.45, 2.75) is 40.2 Å². The summed E-state index contributed by atoms with van der Waals surface area (Å²) < 4.78 is 2.07. The monoisotopic (exact) mass is 209 g/mol. The summed E-state index contributed by atoms with van der Waals surface area (Å²) in [6.45, 7) is 9.80. The molecule has 0 aliphatic carbocycles. The molecular weight excluding hydrogens is 186 g/mol. The van der Waals surface area contributed by atoms with Crippen molar-refractivity contribution in [3.8, 4) is 0 Å². The van der Waals surface area contributed by atoms with Gasteiger partial charge in [0.05, 0.1) is 0 Å². The lowest BCUT2D eigenvalue weighted by molar-refractivity contribution is 0.534. The van der Waals surface area contributed by atoms with Crippen LogP contribution in [-0.4, -0.2) is 22.9 Å². The maximum absolute atomic E-state index is 4.26. The molecule has 0 radical (unpaired) electrons. The molecule has 1 aromatic heterocycles. The summed E-state index contributed by atoms with van der Waals surface area (Å²) in [5, 5.41) is 7.71. The summed E-state index contributed by atoms with van der Waals surface area (Å²) in [7, 11) is 0. The molecule has 0 saturated carbocycles. The first-order valence-electron chi connectivity index (χ1n) is 5.95. The average Bonchev–Trinajstić information content (AvgIpc) is 2.64. The Bertz CT molecular complexity index is 266. The van der Waals surface area contributed by atoms with Gasteiger partial charge in [-0.2, -0.15) is 5.10 Å². The highest BCUT2D eigenvalue weighted by Crippen LogP contribution is 2.02. The lowest BCUT2D eigenvalue weighted by Crippen LogP contribution is -2.21. The van der Waals surface area contributed by atoms with Crippen LogP contribution >= 0.6 is 0 Å². The van der Waals surface area contributed by atoms with Crippen molar-refractivity contribution in [1.29, 1.82) is 0 Å². The van der Waals surface area contributed by atoms with E-state index in [9.17, 15) is 0 Å². The summed E-state index contributed by atoms with van der Waals surface area (Å²) in [5.41, 5.74) is 1.35. The topological polar surface area (TPSA) is 29.9 Å². The van der Waals surface area contributed by atoms with Crippen LogP contribution in [0.4, 0.5) is 0 Å². The highest BCUT2D eigenvalue weighted by atomic mass is 15.3. The van der Waals surface area contributed by atoms with Crippen molar-refractivity contribution in [2.75, 3.05) is 13.1 Å². The minimum atomic E-state index is 0.742. The van der Waals surface area contributed by atoms with Crippen LogP contribution < -0.4 is 5.32 Å². The molecule has 0 amide bonds. The predicted octanol–water partition coefficient (Wildman–Crippen LogP) is 2.08. The highest BCUT2D eigenvalue weighted by molar-refractivity contribution is 5.00. The lowest BCUT2D eigenvalue weighted by atomic mass is 10.2. The smallest absolute Gasteiger partial charge is 0.0492 e. The Labute approximate surface area is 92.9 Å². The highest BCUT2D eigenvalue weighted by Gasteiger charge is 1.99. The zero-order valence-electron chi connectivity index (χ0n) is 10.2. The number of nitrogens with zero attached hydrogens (tertiary/aromatic N) is 2. The molecule has 3 nitrogen and oxygen atoms in total. The van der Waals surface area contributed by atoms with E-state index in [4.69, 9.17) is 0 Å². The fourth-order valence-corrected chi connectivity index (χ4v) is 1.64. The van der Waals surface area contributed by atoms with Crippen LogP contribution in [-0.2, 0) is 13.0 Å². The van der Waals surface area contributed by atoms with Crippen molar-refractivity contribution in [3.05, 3.63) is 18.0 Å². The molecule has 0 atom stereocenters. The maximum Gasteiger partial charge on any atom is 0.0492 e. The van der Waals surface area contributed by atoms with E-state index in [1.54, 1.807) is 0 Å². The van der Waals surface area contributed by atoms with E-state index in [-0.39, 0.29) is 0 Å². The van der Waals surface area contributed by atoms with Crippen LogP contribution in [0, 0.1) is 5.92 Å². The first-order valence-corrected chi connectivity index (χ1v) is 5.95. The predicted molar refractivity (Wildman–Crippen MR) is 63.9 cm³/mol. The van der Waals surface area contributed by atoms with E-state index in [0.29, 0.717) is 0 Å². The van der Waals surface area contributed by atoms with Gasteiger partial charge >= 0.3 is 0 Å². The maximum atomic E-state index is 4.26. The Morgan fingerprint density at radius 1 is 1.47 bits per heavy atom. The van der Waals surface area contributed by atoms with Crippen LogP contribution in [0.25, 0.3) is 0 Å². The molecule has 15 heavy (non-hydrogen) atoms. The van der Waals surface area contributed by atoms with E-state index in [0.717, 1.165) is 32.0 Å². The molecule has 86 valence electrons. The largest absolute Gasteiger partial charge is 0.316 e. The zero-order valence-corrected chi connectivity index (χ0v) is 10.2. The first-order chi connectivity index (χ1) is 7.24. The van der Waals surface area contributed by atoms with Gasteiger partial charge < -0.3 is 5.32 Å². The Balaban J connectivity index is 2.15. The molecule has 0 bridgehead atoms. The van der Waals surface area contributed by atoms with Gasteiger partial charge in [-0.25, -0.2) is 0 Å². The first kappa shape index (κ1) is 12.2. The standard InChI is InChI=1S/C12H23N3/c1-4-15-12(7-9-14-15)6-5-8-13-10-11(2)3/h7,9,11,13H,4-6,8,10H2,1-3H3. The van der Waals surface area contributed by atoms with Gasteiger partial charge in [-0.1, -0.05) is 13.8 Å². The quantitative estimate of drug-likeness (QED) is 0.697. The van der Waals surface area contributed by atoms with E-state index < -0.39 is 0 Å². The fourth-order valence-electron chi connectivity index (χ4n) is 1.64. The van der Waals surface area contributed by atoms with Crippen molar-refractivity contribution in [2.24, 2.45) is 5.92 Å². The van der Waals surface area contributed by atoms with Gasteiger partial charge in [-0.05, 0) is 44.8 Å². The van der Waals surface area contributed by atoms with Crippen LogP contribution in [0.3, 0.4) is 0 Å². The van der Waals surface area contributed by atoms with Gasteiger partial charge in [-0.15, -0.1) is 0 Å². The Kier molecular flexibility index (Phi) is 5.40. The van der Waals surface area contributed by atoms with Gasteiger partial charge in [0.15, 0.2) is 0 Å². The third-order valence-corrected chi connectivity index (χ3v) is 2.44. The lowest BCUT2D eigenvalue weighted by Gasteiger charge is -2.07. The van der Waals surface area contributed by atoms with Crippen molar-refractivity contribution in [3.63, 3.8) is 0 Å². The van der Waals surface area contributed by atoms with E-state index >= 15 is 0 Å². The molecule has 0 aromatic carbocycles. The summed E-state index contributed by atoms with van der Waals surface area (Å²) in [6.07, 6.45) is 4.21. The van der Waals surface area contributed by atoms with Crippen LogP contribution in [0.5, 0.6) is 0 Å². The van der Waals surface area contributed by atoms with Gasteiger partial charge in [-0.3, -0.25) is 4.68 Å². The van der Waals surface area contributed by atoms with E-state index in [2.05, 4.69) is 41.9 Å². The second-order valence-electron chi connectivity index (χ2n) is 4.34. The number of rotatable bonds is 7. The van der Waals surface area contributed by atoms with Crippen LogP contribution in [0.15, 0.2) is 12.3 Å². The van der Waals surface area contributed by atoms with Gasteiger partial charge in [0.2, 0.25) is 0 Å². The molecule has 0 fully saturated rings. The number of nitrogens with one attached hydrogen (secondary N) is 1. The second-order valence-corrected chi connectivity index (χ2v) is 4.34. The number of hydrogen-bond donors (Lipinski definition) is 1. The molecule has 1 aromatic rings. The van der Waals surface area contributed by atoms with Crippen molar-refractivity contribution >= 4 is 0 Å². The SMILES string of the molecule is CCn1nccc1CCCNCC(C)C. The second kappa shape index (κ2) is 6.62. The molecule has 0 aliphatic rings. The Morgan fingerprint density at radius 3 is 2.93 bits per heavy atom. The number of aryl methyl sites for hydroxylation is 2. The molecule has 0 saturated heterocycles. The van der Waals surface area contributed by atoms with E-state index in [1.807, 2.05) is 6.20 Å². The summed E-state index contributed by atoms with van der Waals surface area (Å²) in [6, 6.07) is 2.12. The minimum Gasteiger partial charge on any atom is -0.316 e. The van der Waals surface area contributed by atoms with Crippen molar-refractivity contribution < 1.29 is 0 Å². The average molecular weight is 209 g/mol. The third-order valence-electron chi connectivity index (χ3n) is 2.44. The molecule has 3 heteroatoms. The Morgan fingerprint density at radius 2 is 2.27 bits per heavy atom. The third kappa shape index (κ3) is 4.47. The molecule has 1 N–H and O–H groups in total. The number of aromatic nitrogens is 2. The molecule has 1 rings (SSSR count). The summed E-state index contributed by atoms with van der Waals surface area (Å²) in [5.74, 6) is 0.742. The molecule has 0 spiro atoms. The molecular formula is C12H23N3. The summed E-state index contributed by atoms with van der Waals surface area (Å²) in [4.78, 5) is 0. The minimum absolute atomic E-state index is 0.742. The van der Waals surface area contributed by atoms with Crippen LogP contribution in [0.1, 0.15) is 32.9 Å². The molecule has 0 aliphatic heterocycles. The van der Waals surface area contributed by atoms with Crippen LogP contribution in [0.2, 0.25) is 0 Å². The van der Waals surface area contributed by atoms with Gasteiger partial charge in [0, 0.05) is 18.4 Å². The molecule has 0 unspecified atom stereocenters. The Hall–Kier alpha value is -0.830. The van der Waals surface area contributed by atoms with Gasteiger partial charge in [0.1, 0.15) is 0 Å². The van der Waals surface area contributed by atoms with E-state index in [1.165, 1.54) is 12.1 Å². The molecule has 1 heterocycles. The fraction of sp³-hybridized carbons (Fsp3) is 0.750. The normalized spacial score (nSPS) is 11.2. The zero-order chi connectivity index (χ0) is 11.1. The number of hydrogen-bond acceptors (Lipinski definition) is 2.